The molecule has 6 nitrogen and oxygen atoms in total. The number of para-hydroxylation sites is 4. The van der Waals surface area contributed by atoms with Crippen molar-refractivity contribution in [1.82, 2.24) is 24.3 Å². The van der Waals surface area contributed by atoms with Crippen molar-refractivity contribution in [3.63, 3.8) is 0 Å². The average Bonchev–Trinajstić information content (AvgIpc) is 3.42. The van der Waals surface area contributed by atoms with E-state index in [1.54, 1.807) is 0 Å². The summed E-state index contributed by atoms with van der Waals surface area (Å²) < 4.78 is 4.06. The lowest BCUT2D eigenvalue weighted by Gasteiger charge is -2.30. The zero-order valence-electron chi connectivity index (χ0n) is 18.3. The Morgan fingerprint density at radius 1 is 0.882 bits per heavy atom. The molecule has 3 aromatic heterocycles. The number of pyridine rings is 1. The van der Waals surface area contributed by atoms with Gasteiger partial charge in [0.2, 0.25) is 0 Å². The molecule has 0 spiro atoms. The first-order chi connectivity index (χ1) is 16.7. The van der Waals surface area contributed by atoms with Gasteiger partial charge in [-0.2, -0.15) is 5.10 Å². The van der Waals surface area contributed by atoms with Crippen molar-refractivity contribution >= 4 is 39.4 Å². The summed E-state index contributed by atoms with van der Waals surface area (Å²) in [6, 6.07) is 28.5. The fraction of sp³-hybridized carbons (Fsp3) is 0.0741. The van der Waals surface area contributed by atoms with E-state index in [2.05, 4.69) is 34.1 Å². The van der Waals surface area contributed by atoms with Crippen molar-refractivity contribution in [1.29, 1.82) is 0 Å². The van der Waals surface area contributed by atoms with Crippen LogP contribution in [0.1, 0.15) is 17.4 Å². The second kappa shape index (κ2) is 7.17. The third-order valence-electron chi connectivity index (χ3n) is 6.43. The fourth-order valence-corrected chi connectivity index (χ4v) is 5.08. The maximum absolute atomic E-state index is 6.89. The smallest absolute Gasteiger partial charge is 0.164 e. The van der Waals surface area contributed by atoms with Crippen LogP contribution in [0.15, 0.2) is 84.9 Å². The number of imidazole rings is 1. The summed E-state index contributed by atoms with van der Waals surface area (Å²) in [6.07, 6.45) is -0.263. The lowest BCUT2D eigenvalue weighted by molar-refractivity contribution is 0.667. The Kier molecular flexibility index (Phi) is 4.07. The van der Waals surface area contributed by atoms with Crippen LogP contribution in [0.25, 0.3) is 39.1 Å². The second-order valence-corrected chi connectivity index (χ2v) is 8.82. The number of benzene rings is 3. The van der Waals surface area contributed by atoms with Gasteiger partial charge in [-0.1, -0.05) is 54.1 Å². The minimum atomic E-state index is -0.263. The van der Waals surface area contributed by atoms with Crippen molar-refractivity contribution in [3.8, 4) is 17.1 Å². The number of halogens is 1. The van der Waals surface area contributed by atoms with Gasteiger partial charge in [0, 0.05) is 22.2 Å². The Hall–Kier alpha value is -4.16. The number of nitrogens with one attached hydrogen (secondary N) is 1. The number of rotatable bonds is 2. The van der Waals surface area contributed by atoms with E-state index in [9.17, 15) is 0 Å². The summed E-state index contributed by atoms with van der Waals surface area (Å²) in [7, 11) is 0. The van der Waals surface area contributed by atoms with Gasteiger partial charge in [-0.15, -0.1) is 0 Å². The number of fused-ring (bicyclic) bond motifs is 6. The third kappa shape index (κ3) is 2.72. The topological polar surface area (TPSA) is 60.6 Å². The molecular formula is C27H19ClN6. The van der Waals surface area contributed by atoms with Gasteiger partial charge in [0.05, 0.1) is 22.4 Å². The van der Waals surface area contributed by atoms with Crippen LogP contribution in [0.5, 0.6) is 0 Å². The summed E-state index contributed by atoms with van der Waals surface area (Å²) >= 11 is 6.89. The van der Waals surface area contributed by atoms with Gasteiger partial charge in [-0.25, -0.2) is 14.6 Å². The summed E-state index contributed by atoms with van der Waals surface area (Å²) in [6.45, 7) is 2.00. The number of aryl methyl sites for hydroxylation is 1. The summed E-state index contributed by atoms with van der Waals surface area (Å²) in [4.78, 5) is 9.80. The Balaban J connectivity index is 1.47. The van der Waals surface area contributed by atoms with Crippen LogP contribution in [0.2, 0.25) is 5.15 Å². The molecule has 0 radical (unpaired) electrons. The second-order valence-electron chi connectivity index (χ2n) is 8.46. The predicted molar refractivity (Wildman–Crippen MR) is 136 cm³/mol. The molecule has 1 atom stereocenters. The Bertz CT molecular complexity index is 1720. The Morgan fingerprint density at radius 2 is 1.65 bits per heavy atom. The minimum Gasteiger partial charge on any atom is -0.360 e. The number of aromatic nitrogens is 5. The van der Waals surface area contributed by atoms with Crippen LogP contribution in [0.3, 0.4) is 0 Å². The molecule has 1 aliphatic heterocycles. The molecule has 7 rings (SSSR count). The zero-order chi connectivity index (χ0) is 22.8. The van der Waals surface area contributed by atoms with Crippen LogP contribution in [0, 0.1) is 6.92 Å². The highest BCUT2D eigenvalue weighted by Crippen LogP contribution is 2.42. The quantitative estimate of drug-likeness (QED) is 0.304. The van der Waals surface area contributed by atoms with Crippen molar-refractivity contribution < 1.29 is 0 Å². The molecule has 0 amide bonds. The Labute approximate surface area is 200 Å². The lowest BCUT2D eigenvalue weighted by atomic mass is 10.1. The molecule has 3 aromatic carbocycles. The highest BCUT2D eigenvalue weighted by Gasteiger charge is 2.30. The van der Waals surface area contributed by atoms with E-state index >= 15 is 0 Å². The van der Waals surface area contributed by atoms with E-state index < -0.39 is 0 Å². The van der Waals surface area contributed by atoms with Crippen molar-refractivity contribution in [2.45, 2.75) is 13.1 Å². The molecule has 7 heteroatoms. The molecule has 0 saturated carbocycles. The van der Waals surface area contributed by atoms with E-state index in [0.29, 0.717) is 5.15 Å². The molecule has 34 heavy (non-hydrogen) atoms. The van der Waals surface area contributed by atoms with Gasteiger partial charge in [0.25, 0.3) is 0 Å². The number of anilines is 1. The summed E-state index contributed by atoms with van der Waals surface area (Å²) in [5.41, 5.74) is 7.53. The number of hydrogen-bond acceptors (Lipinski definition) is 4. The Morgan fingerprint density at radius 3 is 2.53 bits per heavy atom. The van der Waals surface area contributed by atoms with Crippen LogP contribution in [-0.4, -0.2) is 24.3 Å². The normalized spacial score (nSPS) is 14.7. The highest BCUT2D eigenvalue weighted by molar-refractivity contribution is 6.30. The minimum absolute atomic E-state index is 0.263. The van der Waals surface area contributed by atoms with Crippen LogP contribution >= 0.6 is 11.6 Å². The monoisotopic (exact) mass is 462 g/mol. The molecular weight excluding hydrogens is 444 g/mol. The molecule has 6 aromatic rings. The number of nitrogens with zero attached hydrogens (tertiary/aromatic N) is 5. The molecule has 164 valence electrons. The maximum Gasteiger partial charge on any atom is 0.164 e. The summed E-state index contributed by atoms with van der Waals surface area (Å²) in [5.74, 6) is 0.911. The molecule has 0 unspecified atom stereocenters. The molecule has 1 aliphatic rings. The predicted octanol–water partition coefficient (Wildman–Crippen LogP) is 6.37. The molecule has 1 N–H and O–H groups in total. The van der Waals surface area contributed by atoms with Crippen LogP contribution in [-0.2, 0) is 0 Å². The average molecular weight is 463 g/mol. The zero-order valence-corrected chi connectivity index (χ0v) is 19.0. The van der Waals surface area contributed by atoms with E-state index in [-0.39, 0.29) is 6.17 Å². The molecule has 4 heterocycles. The van der Waals surface area contributed by atoms with E-state index in [1.165, 1.54) is 0 Å². The largest absolute Gasteiger partial charge is 0.360 e. The number of hydrogen-bond donors (Lipinski definition) is 1. The fourth-order valence-electron chi connectivity index (χ4n) is 4.85. The van der Waals surface area contributed by atoms with Gasteiger partial charge in [0.1, 0.15) is 17.1 Å². The highest BCUT2D eigenvalue weighted by atomic mass is 35.5. The lowest BCUT2D eigenvalue weighted by Crippen LogP contribution is -2.25. The first-order valence-corrected chi connectivity index (χ1v) is 11.5. The molecule has 0 fully saturated rings. The first-order valence-electron chi connectivity index (χ1n) is 11.1. The molecule has 0 aliphatic carbocycles. The van der Waals surface area contributed by atoms with Gasteiger partial charge in [-0.3, -0.25) is 4.57 Å². The van der Waals surface area contributed by atoms with Gasteiger partial charge in [0.15, 0.2) is 5.65 Å². The molecule has 0 saturated heterocycles. The van der Waals surface area contributed by atoms with Crippen LogP contribution < -0.4 is 5.32 Å². The van der Waals surface area contributed by atoms with Crippen molar-refractivity contribution in [2.24, 2.45) is 0 Å². The van der Waals surface area contributed by atoms with E-state index in [0.717, 1.165) is 56.1 Å². The molecule has 0 bridgehead atoms. The third-order valence-corrected chi connectivity index (χ3v) is 6.74. The maximum atomic E-state index is 6.89. The summed E-state index contributed by atoms with van der Waals surface area (Å²) in [5, 5.41) is 9.85. The van der Waals surface area contributed by atoms with Crippen molar-refractivity contribution in [2.75, 3.05) is 5.32 Å². The first kappa shape index (κ1) is 19.3. The van der Waals surface area contributed by atoms with Gasteiger partial charge < -0.3 is 5.32 Å². The van der Waals surface area contributed by atoms with E-state index in [4.69, 9.17) is 26.7 Å². The SMILES string of the molecule is Cc1nn(-c2ccccc2)c2nc(Cl)c([C@@H]3Nc4ccccc4-c4nc5ccccc5n43)cc12. The van der Waals surface area contributed by atoms with Crippen LogP contribution in [0.4, 0.5) is 5.69 Å². The van der Waals surface area contributed by atoms with Gasteiger partial charge >= 0.3 is 0 Å². The van der Waals surface area contributed by atoms with E-state index in [1.807, 2.05) is 72.3 Å². The van der Waals surface area contributed by atoms with Gasteiger partial charge in [-0.05, 0) is 49.4 Å². The standard InChI is InChI=1S/C27H19ClN6/c1-16-19-15-20(24(28)31-27(19)34(32-16)17-9-3-2-4-10-17)26-29-21-12-6-5-11-18(21)25-30-22-13-7-8-14-23(22)33(25)26/h2-15,26,29H,1H3/t26-/m1/s1. The van der Waals surface area contributed by atoms with Crippen molar-refractivity contribution in [3.05, 3.63) is 101 Å².